The smallest absolute Gasteiger partial charge is 0.329 e. The summed E-state index contributed by atoms with van der Waals surface area (Å²) in [6, 6.07) is 50.0. The van der Waals surface area contributed by atoms with E-state index in [1.165, 1.54) is 4.90 Å². The van der Waals surface area contributed by atoms with Crippen molar-refractivity contribution in [3.05, 3.63) is 220 Å². The van der Waals surface area contributed by atoms with Gasteiger partial charge < -0.3 is 39.0 Å². The van der Waals surface area contributed by atoms with Crippen molar-refractivity contribution in [3.63, 3.8) is 0 Å². The van der Waals surface area contributed by atoms with Crippen LogP contribution in [-0.4, -0.2) is 103 Å². The van der Waals surface area contributed by atoms with E-state index >= 15 is 19.2 Å². The van der Waals surface area contributed by atoms with Crippen LogP contribution in [0.1, 0.15) is 75.7 Å². The quantitative estimate of drug-likeness (QED) is 0.0887. The Labute approximate surface area is 464 Å². The van der Waals surface area contributed by atoms with E-state index in [9.17, 15) is 5.11 Å². The lowest BCUT2D eigenvalue weighted by molar-refractivity contribution is -0.179. The van der Waals surface area contributed by atoms with Gasteiger partial charge in [-0.3, -0.25) is 24.2 Å². The Balaban J connectivity index is 1.06. The van der Waals surface area contributed by atoms with E-state index in [0.717, 1.165) is 16.7 Å². The first-order valence-electron chi connectivity index (χ1n) is 27.0. The minimum Gasteiger partial charge on any atom is -0.497 e. The van der Waals surface area contributed by atoms with E-state index < -0.39 is 65.4 Å². The monoisotopic (exact) mass is 1070 g/mol. The molecule has 2 N–H and O–H groups in total. The third-order valence-electron chi connectivity index (χ3n) is 16.1. The van der Waals surface area contributed by atoms with Crippen LogP contribution in [-0.2, 0) is 31.1 Å². The van der Waals surface area contributed by atoms with Crippen LogP contribution < -0.4 is 29.2 Å². The van der Waals surface area contributed by atoms with Gasteiger partial charge in [-0.1, -0.05) is 121 Å². The molecule has 7 aromatic rings. The van der Waals surface area contributed by atoms with Gasteiger partial charge in [0.15, 0.2) is 11.5 Å². The van der Waals surface area contributed by atoms with E-state index in [2.05, 4.69) is 22.1 Å². The molecule has 1 spiro atoms. The molecule has 404 valence electrons. The molecule has 5 heterocycles. The number of esters is 1. The summed E-state index contributed by atoms with van der Waals surface area (Å²) < 4.78 is 29.3. The second kappa shape index (κ2) is 22.1. The minimum absolute atomic E-state index is 0.0415. The van der Waals surface area contributed by atoms with Gasteiger partial charge in [-0.05, 0) is 107 Å². The predicted octanol–water partition coefficient (Wildman–Crippen LogP) is 8.68. The molecule has 15 heteroatoms. The Bertz CT molecular complexity index is 3490. The maximum absolute atomic E-state index is 17.1. The summed E-state index contributed by atoms with van der Waals surface area (Å²) in [5.41, 5.74) is 3.75. The first kappa shape index (κ1) is 51.8. The number of amides is 4. The summed E-state index contributed by atoms with van der Waals surface area (Å²) in [7, 11) is 1.60. The Morgan fingerprint density at radius 1 is 0.713 bits per heavy atom. The number of methoxy groups -OCH3 is 1. The number of anilines is 1. The Kier molecular flexibility index (Phi) is 14.3. The number of cyclic esters (lactones) is 1. The molecule has 0 bridgehead atoms. The van der Waals surface area contributed by atoms with E-state index in [4.69, 9.17) is 23.7 Å². The van der Waals surface area contributed by atoms with Gasteiger partial charge in [0.2, 0.25) is 18.6 Å². The zero-order chi connectivity index (χ0) is 54.9. The number of morpholine rings is 1. The molecule has 0 saturated carbocycles. The maximum Gasteiger partial charge on any atom is 0.329 e. The number of aliphatic hydroxyl groups excluding tert-OH is 1. The number of aliphatic hydroxyl groups is 1. The second-order valence-corrected chi connectivity index (χ2v) is 20.6. The fourth-order valence-electron chi connectivity index (χ4n) is 12.4. The molecule has 5 aliphatic rings. The van der Waals surface area contributed by atoms with Crippen LogP contribution in [0, 0.1) is 17.8 Å². The Hall–Kier alpha value is -8.94. The summed E-state index contributed by atoms with van der Waals surface area (Å²) in [6.07, 6.45) is -0.911. The third kappa shape index (κ3) is 9.44. The lowest BCUT2D eigenvalue weighted by atomic mass is 9.64. The van der Waals surface area contributed by atoms with Crippen molar-refractivity contribution in [2.75, 3.05) is 58.2 Å². The van der Waals surface area contributed by atoms with Crippen LogP contribution in [0.25, 0.3) is 0 Å². The number of fused-ring (bicyclic) bond motifs is 4. The highest BCUT2D eigenvalue weighted by Crippen LogP contribution is 2.66. The first-order valence-corrected chi connectivity index (χ1v) is 27.0. The molecule has 12 rings (SSSR count). The average Bonchev–Trinajstić information content (AvgIpc) is 4.38. The van der Waals surface area contributed by atoms with Crippen molar-refractivity contribution in [2.24, 2.45) is 5.92 Å². The molecule has 3 saturated heterocycles. The number of carbonyl (C=O) groups excluding carboxylic acids is 4. The van der Waals surface area contributed by atoms with Crippen molar-refractivity contribution in [3.8, 4) is 34.8 Å². The predicted molar refractivity (Wildman–Crippen MR) is 298 cm³/mol. The van der Waals surface area contributed by atoms with Gasteiger partial charge in [-0.2, -0.15) is 0 Å². The molecule has 0 aromatic heterocycles. The standard InChI is InChI=1S/C65H59N5O10/c1-42(46-12-6-3-7-13-46)66-64(75)69-53-30-22-44(19-18-43-20-26-50(76-2)27-21-43)38-52(53)65(63(69)74)56(61(72)68-34-32-67(33-35-68)40-45-23-31-54-55(39-45)79-41-78-54)58-62(73)80-59(48-16-10-5-11-17-48)57(47-14-8-4-9-15-47)70(58)60(65)49-24-28-51(29-25-49)77-37-36-71/h3-17,20-31,38-39,42,56-60,71H,32-37,40-41H2,1-2H3,(H,66,75)/t42-,56-,57-,58-,59+,60+,65-/m1/s1. The largest absolute Gasteiger partial charge is 0.497 e. The number of piperazine rings is 1. The lowest BCUT2D eigenvalue weighted by Crippen LogP contribution is -2.59. The molecule has 80 heavy (non-hydrogen) atoms. The number of hydrogen-bond donors (Lipinski definition) is 2. The second-order valence-electron chi connectivity index (χ2n) is 20.6. The highest BCUT2D eigenvalue weighted by atomic mass is 16.7. The molecule has 7 aromatic carbocycles. The number of carbonyl (C=O) groups is 4. The molecule has 0 unspecified atom stereocenters. The number of imide groups is 1. The van der Waals surface area contributed by atoms with Crippen LogP contribution in [0.15, 0.2) is 176 Å². The van der Waals surface area contributed by atoms with Crippen LogP contribution in [0.2, 0.25) is 0 Å². The normalized spacial score (nSPS) is 22.4. The van der Waals surface area contributed by atoms with Gasteiger partial charge in [-0.25, -0.2) is 9.69 Å². The summed E-state index contributed by atoms with van der Waals surface area (Å²) >= 11 is 0. The number of urea groups is 1. The van der Waals surface area contributed by atoms with Gasteiger partial charge >= 0.3 is 12.0 Å². The molecule has 15 nitrogen and oxygen atoms in total. The Morgan fingerprint density at radius 2 is 1.36 bits per heavy atom. The number of ether oxygens (including phenoxy) is 5. The average molecular weight is 1070 g/mol. The van der Waals surface area contributed by atoms with E-state index in [1.807, 2.05) is 163 Å². The fraction of sp³-hybridized carbons (Fsp3) is 0.262. The molecule has 4 amide bonds. The van der Waals surface area contributed by atoms with Gasteiger partial charge in [0.05, 0.1) is 43.4 Å². The van der Waals surface area contributed by atoms with Crippen LogP contribution in [0.5, 0.6) is 23.0 Å². The summed E-state index contributed by atoms with van der Waals surface area (Å²) in [5.74, 6) is 5.87. The number of benzene rings is 7. The highest BCUT2D eigenvalue weighted by molar-refractivity contribution is 6.24. The van der Waals surface area contributed by atoms with E-state index in [0.29, 0.717) is 70.4 Å². The molecule has 5 aliphatic heterocycles. The summed E-state index contributed by atoms with van der Waals surface area (Å²) in [4.78, 5) is 72.1. The molecular formula is C65H59N5O10. The SMILES string of the molecule is COc1ccc(C#Cc2ccc3c(c2)[C@]2(C(=O)N3C(=O)N[C@H](C)c3ccccc3)[C@H](c3ccc(OCCO)cc3)N3[C@H](c4ccccc4)[C@H](c4ccccc4)OC(=O)[C@H]3[C@@H]2C(=O)N2CCN(Cc3ccc4c(c3)OCO4)CC2)cc1. The van der Waals surface area contributed by atoms with E-state index in [1.54, 1.807) is 36.3 Å². The number of rotatable bonds is 12. The fourth-order valence-corrected chi connectivity index (χ4v) is 12.4. The Morgan fingerprint density at radius 3 is 2.06 bits per heavy atom. The zero-order valence-corrected chi connectivity index (χ0v) is 44.3. The van der Waals surface area contributed by atoms with Crippen molar-refractivity contribution in [1.82, 2.24) is 20.0 Å². The van der Waals surface area contributed by atoms with Crippen LogP contribution in [0.3, 0.4) is 0 Å². The van der Waals surface area contributed by atoms with Crippen molar-refractivity contribution in [2.45, 2.75) is 49.2 Å². The molecule has 0 radical (unpaired) electrons. The van der Waals surface area contributed by atoms with Gasteiger partial charge in [0.25, 0.3) is 0 Å². The summed E-state index contributed by atoms with van der Waals surface area (Å²) in [5, 5.41) is 12.9. The van der Waals surface area contributed by atoms with E-state index in [-0.39, 0.29) is 38.8 Å². The van der Waals surface area contributed by atoms with Gasteiger partial charge in [-0.15, -0.1) is 0 Å². The van der Waals surface area contributed by atoms with Gasteiger partial charge in [0, 0.05) is 43.9 Å². The molecular weight excluding hydrogens is 1010 g/mol. The maximum atomic E-state index is 17.1. The third-order valence-corrected chi connectivity index (χ3v) is 16.1. The zero-order valence-electron chi connectivity index (χ0n) is 44.3. The topological polar surface area (TPSA) is 160 Å². The molecule has 3 fully saturated rings. The van der Waals surface area contributed by atoms with Gasteiger partial charge in [0.1, 0.15) is 35.7 Å². The summed E-state index contributed by atoms with van der Waals surface area (Å²) in [6.45, 7) is 3.97. The lowest BCUT2D eigenvalue weighted by Gasteiger charge is -2.46. The first-order chi connectivity index (χ1) is 39.1. The molecule has 0 aliphatic carbocycles. The van der Waals surface area contributed by atoms with Crippen molar-refractivity contribution in [1.29, 1.82) is 0 Å². The highest BCUT2D eigenvalue weighted by Gasteiger charge is 2.76. The molecule has 7 atom stereocenters. The number of nitrogens with one attached hydrogen (secondary N) is 1. The number of hydrogen-bond acceptors (Lipinski definition) is 12. The van der Waals surface area contributed by atoms with Crippen LogP contribution in [0.4, 0.5) is 10.5 Å². The van der Waals surface area contributed by atoms with Crippen molar-refractivity contribution >= 4 is 29.5 Å². The minimum atomic E-state index is -2.00. The van der Waals surface area contributed by atoms with Crippen LogP contribution >= 0.6 is 0 Å². The van der Waals surface area contributed by atoms with Crippen molar-refractivity contribution < 1.29 is 48.0 Å². The number of nitrogens with zero attached hydrogens (tertiary/aromatic N) is 4.